The molecule has 1 aromatic carbocycles. The minimum absolute atomic E-state index is 0.174. The van der Waals surface area contributed by atoms with Gasteiger partial charge in [0.15, 0.2) is 0 Å². The zero-order valence-electron chi connectivity index (χ0n) is 10.2. The molecule has 0 atom stereocenters. The van der Waals surface area contributed by atoms with Gasteiger partial charge < -0.3 is 0 Å². The molecule has 0 saturated heterocycles. The Morgan fingerprint density at radius 1 is 1.00 bits per heavy atom. The molecule has 3 nitrogen and oxygen atoms in total. The predicted molar refractivity (Wildman–Crippen MR) is 75.1 cm³/mol. The van der Waals surface area contributed by atoms with Gasteiger partial charge in [-0.25, -0.2) is 0 Å². The lowest BCUT2D eigenvalue weighted by Crippen LogP contribution is -2.18. The summed E-state index contributed by atoms with van der Waals surface area (Å²) in [4.78, 5) is 0. The number of hydrogen-bond donors (Lipinski definition) is 0. The molecule has 0 aliphatic carbocycles. The third-order valence-corrected chi connectivity index (χ3v) is 3.44. The Morgan fingerprint density at radius 2 is 1.67 bits per heavy atom. The first-order chi connectivity index (χ1) is 8.30. The lowest BCUT2D eigenvalue weighted by molar-refractivity contribution is 0.533. The second-order valence-corrected chi connectivity index (χ2v) is 6.13. The van der Waals surface area contributed by atoms with Crippen LogP contribution in [0.4, 0.5) is 0 Å². The van der Waals surface area contributed by atoms with Gasteiger partial charge in [0.05, 0.1) is 15.7 Å². The van der Waals surface area contributed by atoms with Crippen LogP contribution in [-0.4, -0.2) is 14.8 Å². The maximum atomic E-state index is 6.09. The fourth-order valence-corrected chi connectivity index (χ4v) is 2.11. The summed E-state index contributed by atoms with van der Waals surface area (Å²) in [5, 5.41) is 9.31. The van der Waals surface area contributed by atoms with Gasteiger partial charge in [-0.3, -0.25) is 4.57 Å². The summed E-state index contributed by atoms with van der Waals surface area (Å²) in [5.74, 6) is 0.769. The van der Waals surface area contributed by atoms with Crippen molar-refractivity contribution < 1.29 is 0 Å². The van der Waals surface area contributed by atoms with E-state index in [-0.39, 0.29) is 5.41 Å². The highest BCUT2D eigenvalue weighted by Gasteiger charge is 2.24. The second kappa shape index (κ2) is 4.72. The Balaban J connectivity index is 2.63. The van der Waals surface area contributed by atoms with Gasteiger partial charge >= 0.3 is 0 Å². The van der Waals surface area contributed by atoms with E-state index in [1.807, 2.05) is 26.8 Å². The average molecular weight is 305 g/mol. The SMILES string of the molecule is CC(C)(C)c1nnc(Cl)n1-c1ccc(Cl)c(Cl)c1. The van der Waals surface area contributed by atoms with Crippen LogP contribution in [0.25, 0.3) is 5.69 Å². The van der Waals surface area contributed by atoms with Gasteiger partial charge in [-0.2, -0.15) is 0 Å². The van der Waals surface area contributed by atoms with Gasteiger partial charge in [0.2, 0.25) is 5.28 Å². The van der Waals surface area contributed by atoms with E-state index in [1.165, 1.54) is 0 Å². The highest BCUT2D eigenvalue weighted by molar-refractivity contribution is 6.42. The van der Waals surface area contributed by atoms with E-state index in [0.717, 1.165) is 11.5 Å². The molecule has 0 radical (unpaired) electrons. The van der Waals surface area contributed by atoms with Gasteiger partial charge in [-0.05, 0) is 29.8 Å². The molecular weight excluding hydrogens is 293 g/mol. The van der Waals surface area contributed by atoms with Gasteiger partial charge in [-0.1, -0.05) is 44.0 Å². The third-order valence-electron chi connectivity index (χ3n) is 2.46. The van der Waals surface area contributed by atoms with Crippen LogP contribution in [0.5, 0.6) is 0 Å². The molecule has 0 aliphatic heterocycles. The highest BCUT2D eigenvalue weighted by atomic mass is 35.5. The van der Waals surface area contributed by atoms with Crippen molar-refractivity contribution in [1.29, 1.82) is 0 Å². The quantitative estimate of drug-likeness (QED) is 0.775. The first-order valence-electron chi connectivity index (χ1n) is 5.37. The smallest absolute Gasteiger partial charge is 0.229 e. The van der Waals surface area contributed by atoms with Crippen molar-refractivity contribution >= 4 is 34.8 Å². The summed E-state index contributed by atoms with van der Waals surface area (Å²) >= 11 is 18.0. The van der Waals surface area contributed by atoms with E-state index in [1.54, 1.807) is 16.7 Å². The Kier molecular flexibility index (Phi) is 3.58. The molecule has 0 spiro atoms. The normalized spacial score (nSPS) is 11.9. The van der Waals surface area contributed by atoms with Crippen LogP contribution >= 0.6 is 34.8 Å². The summed E-state index contributed by atoms with van der Waals surface area (Å²) in [6, 6.07) is 5.30. The van der Waals surface area contributed by atoms with Gasteiger partial charge in [0.25, 0.3) is 0 Å². The molecule has 0 saturated carbocycles. The number of aromatic nitrogens is 3. The van der Waals surface area contributed by atoms with Crippen molar-refractivity contribution in [3.05, 3.63) is 39.4 Å². The summed E-state index contributed by atoms with van der Waals surface area (Å²) in [5.41, 5.74) is 0.621. The Bertz CT molecular complexity index is 585. The monoisotopic (exact) mass is 303 g/mol. The summed E-state index contributed by atoms with van der Waals surface area (Å²) in [6.07, 6.45) is 0. The van der Waals surface area contributed by atoms with Crippen LogP contribution in [0.1, 0.15) is 26.6 Å². The van der Waals surface area contributed by atoms with Crippen molar-refractivity contribution in [3.8, 4) is 5.69 Å². The molecule has 0 bridgehead atoms. The molecule has 18 heavy (non-hydrogen) atoms. The lowest BCUT2D eigenvalue weighted by Gasteiger charge is -2.19. The van der Waals surface area contributed by atoms with Crippen LogP contribution in [0.3, 0.4) is 0 Å². The van der Waals surface area contributed by atoms with Gasteiger partial charge in [0, 0.05) is 5.41 Å². The fourth-order valence-electron chi connectivity index (χ4n) is 1.60. The lowest BCUT2D eigenvalue weighted by atomic mass is 9.95. The minimum atomic E-state index is -0.174. The molecule has 2 aromatic rings. The van der Waals surface area contributed by atoms with Crippen LogP contribution in [0.2, 0.25) is 15.3 Å². The van der Waals surface area contributed by atoms with E-state index in [4.69, 9.17) is 34.8 Å². The van der Waals surface area contributed by atoms with E-state index in [2.05, 4.69) is 10.2 Å². The van der Waals surface area contributed by atoms with Crippen molar-refractivity contribution in [2.45, 2.75) is 26.2 Å². The van der Waals surface area contributed by atoms with E-state index in [9.17, 15) is 0 Å². The Labute approximate surface area is 121 Å². The minimum Gasteiger partial charge on any atom is -0.269 e. The Hall–Kier alpha value is -0.770. The molecule has 0 aliphatic rings. The maximum Gasteiger partial charge on any atom is 0.229 e. The number of benzene rings is 1. The molecule has 1 aromatic heterocycles. The summed E-state index contributed by atoms with van der Waals surface area (Å²) in [6.45, 7) is 6.13. The summed E-state index contributed by atoms with van der Waals surface area (Å²) < 4.78 is 1.77. The van der Waals surface area contributed by atoms with Crippen molar-refractivity contribution in [2.75, 3.05) is 0 Å². The zero-order valence-corrected chi connectivity index (χ0v) is 12.5. The van der Waals surface area contributed by atoms with Crippen LogP contribution < -0.4 is 0 Å². The number of rotatable bonds is 1. The highest BCUT2D eigenvalue weighted by Crippen LogP contribution is 2.30. The standard InChI is InChI=1S/C12H12Cl3N3/c1-12(2,3)10-16-17-11(15)18(10)7-4-5-8(13)9(14)6-7/h4-6H,1-3H3. The zero-order chi connectivity index (χ0) is 13.5. The fraction of sp³-hybridized carbons (Fsp3) is 0.333. The summed E-state index contributed by atoms with van der Waals surface area (Å²) in [7, 11) is 0. The molecule has 0 N–H and O–H groups in total. The van der Waals surface area contributed by atoms with E-state index < -0.39 is 0 Å². The molecule has 96 valence electrons. The van der Waals surface area contributed by atoms with E-state index in [0.29, 0.717) is 15.3 Å². The maximum absolute atomic E-state index is 6.09. The molecule has 2 rings (SSSR count). The van der Waals surface area contributed by atoms with Gasteiger partial charge in [-0.15, -0.1) is 10.2 Å². The third kappa shape index (κ3) is 2.48. The van der Waals surface area contributed by atoms with E-state index >= 15 is 0 Å². The van der Waals surface area contributed by atoms with Crippen molar-refractivity contribution in [3.63, 3.8) is 0 Å². The molecule has 0 amide bonds. The molecule has 1 heterocycles. The number of hydrogen-bond acceptors (Lipinski definition) is 2. The first-order valence-corrected chi connectivity index (χ1v) is 6.51. The first kappa shape index (κ1) is 13.7. The van der Waals surface area contributed by atoms with Gasteiger partial charge in [0.1, 0.15) is 5.82 Å². The van der Waals surface area contributed by atoms with Crippen molar-refractivity contribution in [2.24, 2.45) is 0 Å². The average Bonchev–Trinajstić information content (AvgIpc) is 2.64. The Morgan fingerprint density at radius 3 is 2.22 bits per heavy atom. The van der Waals surface area contributed by atoms with Crippen LogP contribution in [0, 0.1) is 0 Å². The molecular formula is C12H12Cl3N3. The predicted octanol–water partition coefficient (Wildman–Crippen LogP) is 4.53. The number of nitrogens with zero attached hydrogens (tertiary/aromatic N) is 3. The topological polar surface area (TPSA) is 30.7 Å². The largest absolute Gasteiger partial charge is 0.269 e. The molecule has 0 unspecified atom stereocenters. The second-order valence-electron chi connectivity index (χ2n) is 4.98. The van der Waals surface area contributed by atoms with Crippen molar-refractivity contribution in [1.82, 2.24) is 14.8 Å². The number of halogens is 3. The molecule has 0 fully saturated rings. The van der Waals surface area contributed by atoms with Crippen LogP contribution in [-0.2, 0) is 5.41 Å². The van der Waals surface area contributed by atoms with Crippen LogP contribution in [0.15, 0.2) is 18.2 Å². The molecule has 6 heteroatoms.